The molecule has 2 heterocycles. The summed E-state index contributed by atoms with van der Waals surface area (Å²) in [5, 5.41) is 2.86. The number of aromatic amines is 1. The molecule has 0 radical (unpaired) electrons. The van der Waals surface area contributed by atoms with Crippen molar-refractivity contribution in [2.45, 2.75) is 66.1 Å². The quantitative estimate of drug-likeness (QED) is 0.431. The Hall–Kier alpha value is -3.13. The van der Waals surface area contributed by atoms with Crippen molar-refractivity contribution in [1.29, 1.82) is 0 Å². The normalized spacial score (nSPS) is 16.1. The van der Waals surface area contributed by atoms with Crippen LogP contribution in [-0.4, -0.2) is 48.3 Å². The molecule has 0 bridgehead atoms. The molecule has 1 aliphatic rings. The fraction of sp³-hybridized carbons (Fsp3) is 0.480. The van der Waals surface area contributed by atoms with E-state index in [2.05, 4.69) is 16.9 Å². The molecule has 33 heavy (non-hydrogen) atoms. The predicted octanol–water partition coefficient (Wildman–Crippen LogP) is 3.76. The van der Waals surface area contributed by atoms with Gasteiger partial charge < -0.3 is 24.5 Å². The van der Waals surface area contributed by atoms with Gasteiger partial charge in [-0.15, -0.1) is 0 Å². The number of amides is 1. The summed E-state index contributed by atoms with van der Waals surface area (Å²) in [6, 6.07) is 0. The van der Waals surface area contributed by atoms with Crippen molar-refractivity contribution in [3.63, 3.8) is 0 Å². The van der Waals surface area contributed by atoms with Crippen LogP contribution in [0.15, 0.2) is 29.5 Å². The van der Waals surface area contributed by atoms with Crippen LogP contribution in [-0.2, 0) is 30.2 Å². The van der Waals surface area contributed by atoms with Gasteiger partial charge in [-0.2, -0.15) is 0 Å². The summed E-state index contributed by atoms with van der Waals surface area (Å²) >= 11 is 0. The maximum absolute atomic E-state index is 12.9. The second-order valence-corrected chi connectivity index (χ2v) is 8.92. The molecule has 0 spiro atoms. The Kier molecular flexibility index (Phi) is 8.44. The summed E-state index contributed by atoms with van der Waals surface area (Å²) in [6.07, 6.45) is 3.37. The van der Waals surface area contributed by atoms with E-state index in [0.717, 1.165) is 11.1 Å². The molecule has 2 rings (SSSR count). The smallest absolute Gasteiger partial charge is 0.355 e. The molecule has 2 N–H and O–H groups in total. The van der Waals surface area contributed by atoms with E-state index in [-0.39, 0.29) is 36.7 Å². The third kappa shape index (κ3) is 6.44. The number of H-pyrrole nitrogens is 1. The fourth-order valence-electron chi connectivity index (χ4n) is 3.57. The second-order valence-electron chi connectivity index (χ2n) is 8.92. The van der Waals surface area contributed by atoms with E-state index in [1.807, 2.05) is 13.8 Å². The zero-order valence-electron chi connectivity index (χ0n) is 20.5. The third-order valence-electron chi connectivity index (χ3n) is 5.29. The first-order chi connectivity index (χ1) is 15.4. The van der Waals surface area contributed by atoms with Gasteiger partial charge >= 0.3 is 11.9 Å². The minimum absolute atomic E-state index is 0.0973. The maximum Gasteiger partial charge on any atom is 0.355 e. The topological polar surface area (TPSA) is 107 Å². The Bertz CT molecular complexity index is 1010. The Morgan fingerprint density at radius 2 is 1.88 bits per heavy atom. The van der Waals surface area contributed by atoms with Crippen LogP contribution >= 0.6 is 0 Å². The van der Waals surface area contributed by atoms with Crippen LogP contribution in [0.2, 0.25) is 0 Å². The minimum Gasteiger partial charge on any atom is -0.461 e. The summed E-state index contributed by atoms with van der Waals surface area (Å²) in [4.78, 5) is 40.4. The molecule has 8 heteroatoms. The standard InChI is InChI=1S/C25H34N2O6/c1-9-12-32-20(28)11-10-17-14(2)18(26-22(17)24(30)33-25(5,6)7)13-19-21(16(4)31-8)15(3)23(29)27-19/h9,13,16,26H,1,10-12H2,2-8H3,(H,27,29)/b19-13+. The Balaban J connectivity index is 2.48. The molecule has 1 atom stereocenters. The number of hydrogen-bond donors (Lipinski definition) is 2. The Labute approximate surface area is 195 Å². The third-order valence-corrected chi connectivity index (χ3v) is 5.29. The van der Waals surface area contributed by atoms with E-state index in [1.165, 1.54) is 6.08 Å². The van der Waals surface area contributed by atoms with Gasteiger partial charge in [-0.05, 0) is 65.2 Å². The molecular formula is C25H34N2O6. The molecule has 0 saturated heterocycles. The zero-order valence-corrected chi connectivity index (χ0v) is 20.5. The number of methoxy groups -OCH3 is 1. The molecule has 180 valence electrons. The molecule has 1 aromatic heterocycles. The predicted molar refractivity (Wildman–Crippen MR) is 125 cm³/mol. The first-order valence-corrected chi connectivity index (χ1v) is 10.9. The van der Waals surface area contributed by atoms with Gasteiger partial charge in [0, 0.05) is 36.1 Å². The first kappa shape index (κ1) is 26.1. The van der Waals surface area contributed by atoms with Crippen LogP contribution in [0, 0.1) is 6.92 Å². The number of hydrogen-bond acceptors (Lipinski definition) is 6. The van der Waals surface area contributed by atoms with Crippen molar-refractivity contribution >= 4 is 23.9 Å². The van der Waals surface area contributed by atoms with Gasteiger partial charge in [0.25, 0.3) is 5.91 Å². The Morgan fingerprint density at radius 1 is 1.21 bits per heavy atom. The van der Waals surface area contributed by atoms with Crippen molar-refractivity contribution in [1.82, 2.24) is 10.3 Å². The zero-order chi connectivity index (χ0) is 24.9. The van der Waals surface area contributed by atoms with Crippen molar-refractivity contribution in [2.24, 2.45) is 0 Å². The molecule has 0 aliphatic carbocycles. The minimum atomic E-state index is -0.685. The highest BCUT2D eigenvalue weighted by Gasteiger charge is 2.29. The summed E-state index contributed by atoms with van der Waals surface area (Å²) < 4.78 is 16.1. The van der Waals surface area contributed by atoms with Crippen LogP contribution < -0.4 is 5.32 Å². The molecular weight excluding hydrogens is 424 g/mol. The molecule has 0 fully saturated rings. The van der Waals surface area contributed by atoms with E-state index in [1.54, 1.807) is 40.9 Å². The highest BCUT2D eigenvalue weighted by Crippen LogP contribution is 2.30. The summed E-state index contributed by atoms with van der Waals surface area (Å²) in [5.41, 5.74) is 3.61. The van der Waals surface area contributed by atoms with E-state index in [4.69, 9.17) is 14.2 Å². The highest BCUT2D eigenvalue weighted by atomic mass is 16.6. The number of nitrogens with one attached hydrogen (secondary N) is 2. The molecule has 1 aromatic rings. The van der Waals surface area contributed by atoms with Gasteiger partial charge in [0.15, 0.2) is 0 Å². The molecule has 1 amide bonds. The molecule has 1 unspecified atom stereocenters. The van der Waals surface area contributed by atoms with Crippen molar-refractivity contribution < 1.29 is 28.6 Å². The molecule has 1 aliphatic heterocycles. The second kappa shape index (κ2) is 10.7. The highest BCUT2D eigenvalue weighted by molar-refractivity contribution is 6.01. The lowest BCUT2D eigenvalue weighted by Crippen LogP contribution is -2.25. The van der Waals surface area contributed by atoms with E-state index in [9.17, 15) is 14.4 Å². The maximum atomic E-state index is 12.9. The number of aromatic nitrogens is 1. The summed E-state index contributed by atoms with van der Waals surface area (Å²) in [7, 11) is 1.58. The fourth-order valence-corrected chi connectivity index (χ4v) is 3.57. The first-order valence-electron chi connectivity index (χ1n) is 10.9. The van der Waals surface area contributed by atoms with Gasteiger partial charge in [0.1, 0.15) is 17.9 Å². The van der Waals surface area contributed by atoms with Crippen LogP contribution in [0.5, 0.6) is 0 Å². The lowest BCUT2D eigenvalue weighted by molar-refractivity contribution is -0.142. The number of rotatable bonds is 9. The van der Waals surface area contributed by atoms with Crippen molar-refractivity contribution in [3.05, 3.63) is 52.0 Å². The van der Waals surface area contributed by atoms with Crippen molar-refractivity contribution in [2.75, 3.05) is 13.7 Å². The van der Waals surface area contributed by atoms with E-state index >= 15 is 0 Å². The molecule has 8 nitrogen and oxygen atoms in total. The van der Waals surface area contributed by atoms with Crippen LogP contribution in [0.25, 0.3) is 6.08 Å². The Morgan fingerprint density at radius 3 is 2.45 bits per heavy atom. The van der Waals surface area contributed by atoms with E-state index in [0.29, 0.717) is 28.9 Å². The van der Waals surface area contributed by atoms with Crippen LogP contribution in [0.1, 0.15) is 68.3 Å². The van der Waals surface area contributed by atoms with Gasteiger partial charge in [-0.3, -0.25) is 9.59 Å². The van der Waals surface area contributed by atoms with Gasteiger partial charge in [-0.1, -0.05) is 12.7 Å². The van der Waals surface area contributed by atoms with Crippen LogP contribution in [0.4, 0.5) is 0 Å². The monoisotopic (exact) mass is 458 g/mol. The van der Waals surface area contributed by atoms with Gasteiger partial charge in [-0.25, -0.2) is 4.79 Å². The van der Waals surface area contributed by atoms with Gasteiger partial charge in [0.05, 0.1) is 6.10 Å². The SMILES string of the molecule is C=CCOC(=O)CCc1c(C(=O)OC(C)(C)C)[nH]c(/C=C2/NC(=O)C(C)=C2C(C)OC)c1C. The lowest BCUT2D eigenvalue weighted by Gasteiger charge is -2.19. The number of esters is 2. The number of ether oxygens (including phenoxy) is 3. The van der Waals surface area contributed by atoms with Crippen molar-refractivity contribution in [3.8, 4) is 0 Å². The number of carbonyl (C=O) groups excluding carboxylic acids is 3. The summed E-state index contributed by atoms with van der Waals surface area (Å²) in [6.45, 7) is 14.5. The molecule has 0 saturated carbocycles. The molecule has 0 aromatic carbocycles. The number of carbonyl (C=O) groups is 3. The largest absolute Gasteiger partial charge is 0.461 e. The van der Waals surface area contributed by atoms with E-state index < -0.39 is 11.6 Å². The summed E-state index contributed by atoms with van der Waals surface area (Å²) in [5.74, 6) is -1.09. The van der Waals surface area contributed by atoms with Crippen LogP contribution in [0.3, 0.4) is 0 Å². The average Bonchev–Trinajstić information content (AvgIpc) is 3.19. The lowest BCUT2D eigenvalue weighted by atomic mass is 10.0. The average molecular weight is 459 g/mol. The van der Waals surface area contributed by atoms with Gasteiger partial charge in [0.2, 0.25) is 0 Å².